The molecular weight excluding hydrogens is 270 g/mol. The summed E-state index contributed by atoms with van der Waals surface area (Å²) in [4.78, 5) is 0. The van der Waals surface area contributed by atoms with E-state index < -0.39 is 0 Å². The summed E-state index contributed by atoms with van der Waals surface area (Å²) in [7, 11) is 3.16. The van der Waals surface area contributed by atoms with Crippen LogP contribution in [0.5, 0.6) is 11.5 Å². The zero-order chi connectivity index (χ0) is 15.4. The Hall–Kier alpha value is -2.31. The molecule has 0 aliphatic carbocycles. The van der Waals surface area contributed by atoms with E-state index in [9.17, 15) is 0 Å². The Kier molecular flexibility index (Phi) is 4.62. The Balaban J connectivity index is 2.40. The standard InChI is InChI=1S/C14H21N5O2/c1-9(2)5-6-19-14(16-17-18-19)10-7-12(20-3)13(21-4)8-11(10)15/h7-9H,5-6,15H2,1-4H3. The third kappa shape index (κ3) is 3.24. The second-order valence-electron chi connectivity index (χ2n) is 5.20. The van der Waals surface area contributed by atoms with Crippen LogP contribution in [0.15, 0.2) is 12.1 Å². The minimum Gasteiger partial charge on any atom is -0.493 e. The van der Waals surface area contributed by atoms with E-state index >= 15 is 0 Å². The number of benzene rings is 1. The van der Waals surface area contributed by atoms with Crippen molar-refractivity contribution in [2.45, 2.75) is 26.8 Å². The molecule has 2 rings (SSSR count). The lowest BCUT2D eigenvalue weighted by atomic mass is 10.1. The molecule has 2 aromatic rings. The van der Waals surface area contributed by atoms with Gasteiger partial charge in [-0.1, -0.05) is 13.8 Å². The Bertz CT molecular complexity index is 609. The molecule has 0 saturated carbocycles. The van der Waals surface area contributed by atoms with Crippen LogP contribution in [0.3, 0.4) is 0 Å². The minimum absolute atomic E-state index is 0.549. The second kappa shape index (κ2) is 6.43. The molecule has 0 bridgehead atoms. The van der Waals surface area contributed by atoms with Gasteiger partial charge in [0.05, 0.1) is 14.2 Å². The van der Waals surface area contributed by atoms with Gasteiger partial charge in [-0.25, -0.2) is 4.68 Å². The molecule has 21 heavy (non-hydrogen) atoms. The van der Waals surface area contributed by atoms with Crippen molar-refractivity contribution in [3.05, 3.63) is 12.1 Å². The van der Waals surface area contributed by atoms with E-state index in [4.69, 9.17) is 15.2 Å². The highest BCUT2D eigenvalue weighted by atomic mass is 16.5. The number of aryl methyl sites for hydroxylation is 1. The minimum atomic E-state index is 0.549. The van der Waals surface area contributed by atoms with Gasteiger partial charge < -0.3 is 15.2 Å². The molecule has 0 radical (unpaired) electrons. The maximum Gasteiger partial charge on any atom is 0.184 e. The van der Waals surface area contributed by atoms with Gasteiger partial charge in [-0.15, -0.1) is 5.10 Å². The summed E-state index contributed by atoms with van der Waals surface area (Å²) in [5.41, 5.74) is 7.38. The number of ether oxygens (including phenoxy) is 2. The SMILES string of the molecule is COc1cc(N)c(-c2nnnn2CCC(C)C)cc1OC. The van der Waals surface area contributed by atoms with Crippen molar-refractivity contribution in [3.63, 3.8) is 0 Å². The summed E-state index contributed by atoms with van der Waals surface area (Å²) in [6, 6.07) is 3.52. The second-order valence-corrected chi connectivity index (χ2v) is 5.20. The number of rotatable bonds is 6. The van der Waals surface area contributed by atoms with Crippen LogP contribution < -0.4 is 15.2 Å². The van der Waals surface area contributed by atoms with Crippen LogP contribution in [0.25, 0.3) is 11.4 Å². The van der Waals surface area contributed by atoms with E-state index in [1.807, 2.05) is 0 Å². The van der Waals surface area contributed by atoms with Gasteiger partial charge in [-0.2, -0.15) is 0 Å². The van der Waals surface area contributed by atoms with E-state index in [1.54, 1.807) is 31.0 Å². The number of methoxy groups -OCH3 is 2. The Morgan fingerprint density at radius 2 is 1.86 bits per heavy atom. The van der Waals surface area contributed by atoms with Crippen LogP contribution in [0.2, 0.25) is 0 Å². The topological polar surface area (TPSA) is 88.1 Å². The molecule has 0 fully saturated rings. The van der Waals surface area contributed by atoms with Gasteiger partial charge in [0.25, 0.3) is 0 Å². The fourth-order valence-electron chi connectivity index (χ4n) is 2.02. The van der Waals surface area contributed by atoms with Gasteiger partial charge in [0.1, 0.15) is 0 Å². The molecule has 0 amide bonds. The Morgan fingerprint density at radius 1 is 1.19 bits per heavy atom. The van der Waals surface area contributed by atoms with Crippen molar-refractivity contribution in [3.8, 4) is 22.9 Å². The summed E-state index contributed by atoms with van der Waals surface area (Å²) in [5.74, 6) is 2.39. The number of anilines is 1. The summed E-state index contributed by atoms with van der Waals surface area (Å²) in [5, 5.41) is 11.9. The number of nitrogens with two attached hydrogens (primary N) is 1. The van der Waals surface area contributed by atoms with E-state index in [0.717, 1.165) is 18.5 Å². The van der Waals surface area contributed by atoms with Crippen LogP contribution in [-0.2, 0) is 6.54 Å². The van der Waals surface area contributed by atoms with Gasteiger partial charge in [0, 0.05) is 23.9 Å². The average molecular weight is 291 g/mol. The molecule has 114 valence electrons. The quantitative estimate of drug-likeness (QED) is 0.819. The van der Waals surface area contributed by atoms with E-state index in [2.05, 4.69) is 29.4 Å². The third-order valence-corrected chi connectivity index (χ3v) is 3.25. The zero-order valence-corrected chi connectivity index (χ0v) is 12.8. The largest absolute Gasteiger partial charge is 0.493 e. The van der Waals surface area contributed by atoms with Gasteiger partial charge in [-0.3, -0.25) is 0 Å². The first kappa shape index (κ1) is 15.1. The maximum absolute atomic E-state index is 6.09. The van der Waals surface area contributed by atoms with Crippen molar-refractivity contribution in [1.82, 2.24) is 20.2 Å². The Morgan fingerprint density at radius 3 is 2.48 bits per heavy atom. The highest BCUT2D eigenvalue weighted by Gasteiger charge is 2.16. The van der Waals surface area contributed by atoms with Crippen LogP contribution in [0.1, 0.15) is 20.3 Å². The fraction of sp³-hybridized carbons (Fsp3) is 0.500. The lowest BCUT2D eigenvalue weighted by Crippen LogP contribution is -2.07. The number of hydrogen-bond donors (Lipinski definition) is 1. The number of tetrazole rings is 1. The highest BCUT2D eigenvalue weighted by molar-refractivity contribution is 5.75. The predicted molar refractivity (Wildman–Crippen MR) is 80.2 cm³/mol. The van der Waals surface area contributed by atoms with Gasteiger partial charge in [0.2, 0.25) is 0 Å². The first-order chi connectivity index (χ1) is 10.1. The van der Waals surface area contributed by atoms with Crippen molar-refractivity contribution in [2.75, 3.05) is 20.0 Å². The highest BCUT2D eigenvalue weighted by Crippen LogP contribution is 2.36. The zero-order valence-electron chi connectivity index (χ0n) is 12.8. The van der Waals surface area contributed by atoms with Gasteiger partial charge >= 0.3 is 0 Å². The Labute approximate surface area is 124 Å². The molecule has 0 aliphatic rings. The normalized spacial score (nSPS) is 10.9. The van der Waals surface area contributed by atoms with Crippen molar-refractivity contribution < 1.29 is 9.47 Å². The molecule has 0 saturated heterocycles. The van der Waals surface area contributed by atoms with E-state index in [1.165, 1.54) is 0 Å². The molecule has 1 heterocycles. The maximum atomic E-state index is 6.09. The number of aromatic nitrogens is 4. The molecular formula is C14H21N5O2. The number of nitrogen functional groups attached to an aromatic ring is 1. The number of nitrogens with zero attached hydrogens (tertiary/aromatic N) is 4. The first-order valence-corrected chi connectivity index (χ1v) is 6.84. The van der Waals surface area contributed by atoms with E-state index in [0.29, 0.717) is 28.9 Å². The first-order valence-electron chi connectivity index (χ1n) is 6.84. The molecule has 0 aliphatic heterocycles. The summed E-state index contributed by atoms with van der Waals surface area (Å²) in [6.07, 6.45) is 0.991. The van der Waals surface area contributed by atoms with Crippen LogP contribution in [-0.4, -0.2) is 34.4 Å². The average Bonchev–Trinajstić information content (AvgIpc) is 2.92. The third-order valence-electron chi connectivity index (χ3n) is 3.25. The van der Waals surface area contributed by atoms with Crippen molar-refractivity contribution >= 4 is 5.69 Å². The van der Waals surface area contributed by atoms with Gasteiger partial charge in [-0.05, 0) is 28.8 Å². The lowest BCUT2D eigenvalue weighted by molar-refractivity contribution is 0.355. The molecule has 2 N–H and O–H groups in total. The lowest BCUT2D eigenvalue weighted by Gasteiger charge is -2.12. The van der Waals surface area contributed by atoms with Gasteiger partial charge in [0.15, 0.2) is 17.3 Å². The van der Waals surface area contributed by atoms with E-state index in [-0.39, 0.29) is 0 Å². The van der Waals surface area contributed by atoms with Crippen LogP contribution in [0.4, 0.5) is 5.69 Å². The summed E-state index contributed by atoms with van der Waals surface area (Å²) < 4.78 is 12.3. The molecule has 7 heteroatoms. The molecule has 0 spiro atoms. The smallest absolute Gasteiger partial charge is 0.184 e. The van der Waals surface area contributed by atoms with Crippen molar-refractivity contribution in [2.24, 2.45) is 5.92 Å². The monoisotopic (exact) mass is 291 g/mol. The molecule has 1 aromatic carbocycles. The molecule has 0 atom stereocenters. The summed E-state index contributed by atoms with van der Waals surface area (Å²) >= 11 is 0. The predicted octanol–water partition coefficient (Wildman–Crippen LogP) is 1.99. The summed E-state index contributed by atoms with van der Waals surface area (Å²) in [6.45, 7) is 5.07. The van der Waals surface area contributed by atoms with Crippen LogP contribution >= 0.6 is 0 Å². The fourth-order valence-corrected chi connectivity index (χ4v) is 2.02. The molecule has 0 unspecified atom stereocenters. The molecule has 7 nitrogen and oxygen atoms in total. The molecule has 1 aromatic heterocycles. The van der Waals surface area contributed by atoms with Crippen LogP contribution in [0, 0.1) is 5.92 Å². The van der Waals surface area contributed by atoms with Crippen molar-refractivity contribution in [1.29, 1.82) is 0 Å². The number of hydrogen-bond acceptors (Lipinski definition) is 6.